The lowest BCUT2D eigenvalue weighted by molar-refractivity contribution is 0.0521. The van der Waals surface area contributed by atoms with Gasteiger partial charge in [-0.1, -0.05) is 25.1 Å². The number of esters is 1. The normalized spacial score (nSPS) is 10.2. The Kier molecular flexibility index (Phi) is 4.52. The first-order valence-corrected chi connectivity index (χ1v) is 7.09. The molecule has 4 nitrogen and oxygen atoms in total. The van der Waals surface area contributed by atoms with Gasteiger partial charge in [0.25, 0.3) is 0 Å². The second-order valence-corrected chi connectivity index (χ2v) is 4.74. The smallest absolute Gasteiger partial charge is 0.360 e. The number of nitrogens with one attached hydrogen (secondary N) is 1. The lowest BCUT2D eigenvalue weighted by atomic mass is 10.1. The summed E-state index contributed by atoms with van der Waals surface area (Å²) in [4.78, 5) is 15.8. The summed E-state index contributed by atoms with van der Waals surface area (Å²) in [5, 5.41) is 3.99. The molecule has 0 spiro atoms. The Morgan fingerprint density at radius 1 is 1.37 bits per heavy atom. The van der Waals surface area contributed by atoms with Gasteiger partial charge in [0.15, 0.2) is 5.69 Å². The van der Waals surface area contributed by atoms with E-state index in [9.17, 15) is 4.79 Å². The fourth-order valence-corrected chi connectivity index (χ4v) is 2.43. The van der Waals surface area contributed by atoms with E-state index < -0.39 is 0 Å². The Morgan fingerprint density at radius 2 is 2.16 bits per heavy atom. The average molecular weight is 276 g/mol. The highest BCUT2D eigenvalue weighted by atomic mass is 32.1. The number of aromatic nitrogens is 1. The number of benzene rings is 1. The Balaban J connectivity index is 2.24. The molecule has 1 aromatic heterocycles. The van der Waals surface area contributed by atoms with E-state index in [2.05, 4.69) is 23.3 Å². The van der Waals surface area contributed by atoms with E-state index in [1.54, 1.807) is 12.4 Å². The third kappa shape index (κ3) is 3.12. The summed E-state index contributed by atoms with van der Waals surface area (Å²) in [5.74, 6) is -0.389. The molecular weight excluding hydrogens is 260 g/mol. The molecule has 0 unspecified atom stereocenters. The van der Waals surface area contributed by atoms with Crippen LogP contribution in [0, 0.1) is 0 Å². The molecule has 0 aliphatic heterocycles. The number of rotatable bonds is 5. The van der Waals surface area contributed by atoms with Crippen LogP contribution in [0.2, 0.25) is 0 Å². The number of anilines is 2. The molecule has 0 atom stereocenters. The molecule has 1 heterocycles. The highest BCUT2D eigenvalue weighted by Gasteiger charge is 2.16. The average Bonchev–Trinajstić information content (AvgIpc) is 2.88. The van der Waals surface area contributed by atoms with Crippen LogP contribution >= 0.6 is 11.3 Å². The predicted molar refractivity (Wildman–Crippen MR) is 77.2 cm³/mol. The number of carbonyl (C=O) groups excluding carboxylic acids is 1. The molecule has 100 valence electrons. The molecule has 19 heavy (non-hydrogen) atoms. The van der Waals surface area contributed by atoms with Crippen LogP contribution in [0.15, 0.2) is 29.8 Å². The van der Waals surface area contributed by atoms with Crippen molar-refractivity contribution in [3.63, 3.8) is 0 Å². The molecule has 0 aliphatic rings. The Hall–Kier alpha value is -1.88. The van der Waals surface area contributed by atoms with Crippen molar-refractivity contribution in [1.29, 1.82) is 0 Å². The van der Waals surface area contributed by atoms with Crippen LogP contribution < -0.4 is 5.32 Å². The van der Waals surface area contributed by atoms with Crippen molar-refractivity contribution in [2.75, 3.05) is 11.9 Å². The summed E-state index contributed by atoms with van der Waals surface area (Å²) < 4.78 is 4.99. The van der Waals surface area contributed by atoms with Gasteiger partial charge in [-0.3, -0.25) is 0 Å². The molecule has 0 saturated carbocycles. The van der Waals surface area contributed by atoms with Crippen LogP contribution in [-0.4, -0.2) is 17.6 Å². The van der Waals surface area contributed by atoms with E-state index in [-0.39, 0.29) is 5.97 Å². The molecule has 0 bridgehead atoms. The zero-order valence-electron chi connectivity index (χ0n) is 11.0. The van der Waals surface area contributed by atoms with Gasteiger partial charge in [0.05, 0.1) is 12.1 Å². The Morgan fingerprint density at radius 3 is 2.89 bits per heavy atom. The fourth-order valence-electron chi connectivity index (χ4n) is 1.75. The van der Waals surface area contributed by atoms with Crippen molar-refractivity contribution >= 4 is 28.0 Å². The number of ether oxygens (including phenoxy) is 1. The maximum Gasteiger partial charge on any atom is 0.360 e. The molecule has 2 aromatic rings. The van der Waals surface area contributed by atoms with Crippen LogP contribution in [0.4, 0.5) is 10.7 Å². The van der Waals surface area contributed by atoms with Gasteiger partial charge < -0.3 is 10.1 Å². The zero-order chi connectivity index (χ0) is 13.7. The van der Waals surface area contributed by atoms with Crippen LogP contribution in [0.5, 0.6) is 0 Å². The summed E-state index contributed by atoms with van der Waals surface area (Å²) in [6.45, 7) is 4.23. The van der Waals surface area contributed by atoms with E-state index in [4.69, 9.17) is 4.74 Å². The molecule has 0 radical (unpaired) electrons. The van der Waals surface area contributed by atoms with Crippen molar-refractivity contribution in [2.45, 2.75) is 20.3 Å². The maximum atomic E-state index is 11.8. The highest BCUT2D eigenvalue weighted by molar-refractivity contribution is 7.14. The highest BCUT2D eigenvalue weighted by Crippen LogP contribution is 2.27. The van der Waals surface area contributed by atoms with E-state index in [0.717, 1.165) is 17.1 Å². The molecule has 5 heteroatoms. The van der Waals surface area contributed by atoms with E-state index in [1.165, 1.54) is 16.9 Å². The van der Waals surface area contributed by atoms with E-state index >= 15 is 0 Å². The molecular formula is C14H16N2O2S. The number of hydrogen-bond acceptors (Lipinski definition) is 5. The number of carbonyl (C=O) groups is 1. The first kappa shape index (κ1) is 13.5. The van der Waals surface area contributed by atoms with Gasteiger partial charge in [0, 0.05) is 5.69 Å². The standard InChI is InChI=1S/C14H16N2O2S/c1-3-10-7-5-6-8-11(10)16-13-12(15-9-19-13)14(17)18-4-2/h5-9,16H,3-4H2,1-2H3. The number of nitrogens with zero attached hydrogens (tertiary/aromatic N) is 1. The van der Waals surface area contributed by atoms with Crippen molar-refractivity contribution in [1.82, 2.24) is 4.98 Å². The maximum absolute atomic E-state index is 11.8. The molecule has 1 aromatic carbocycles. The monoisotopic (exact) mass is 276 g/mol. The molecule has 0 saturated heterocycles. The summed E-state index contributed by atoms with van der Waals surface area (Å²) in [6, 6.07) is 8.02. The van der Waals surface area contributed by atoms with Gasteiger partial charge in [-0.15, -0.1) is 11.3 Å². The van der Waals surface area contributed by atoms with Crippen LogP contribution in [0.3, 0.4) is 0 Å². The predicted octanol–water partition coefficient (Wildman–Crippen LogP) is 3.63. The number of hydrogen-bond donors (Lipinski definition) is 1. The van der Waals surface area contributed by atoms with E-state index in [0.29, 0.717) is 12.3 Å². The lowest BCUT2D eigenvalue weighted by Crippen LogP contribution is -2.07. The van der Waals surface area contributed by atoms with Gasteiger partial charge in [-0.2, -0.15) is 0 Å². The minimum atomic E-state index is -0.389. The molecule has 2 rings (SSSR count). The van der Waals surface area contributed by atoms with Gasteiger partial charge >= 0.3 is 5.97 Å². The molecule has 0 amide bonds. The topological polar surface area (TPSA) is 51.2 Å². The number of aryl methyl sites for hydroxylation is 1. The Labute approximate surface area is 116 Å². The van der Waals surface area contributed by atoms with Gasteiger partial charge in [-0.25, -0.2) is 9.78 Å². The Bertz CT molecular complexity index is 566. The zero-order valence-corrected chi connectivity index (χ0v) is 11.8. The van der Waals surface area contributed by atoms with Crippen molar-refractivity contribution in [3.8, 4) is 0 Å². The van der Waals surface area contributed by atoms with Gasteiger partial charge in [0.1, 0.15) is 5.00 Å². The summed E-state index contributed by atoms with van der Waals surface area (Å²) >= 11 is 1.39. The second kappa shape index (κ2) is 6.33. The second-order valence-electron chi connectivity index (χ2n) is 3.89. The first-order chi connectivity index (χ1) is 9.26. The van der Waals surface area contributed by atoms with Crippen LogP contribution in [0.1, 0.15) is 29.9 Å². The largest absolute Gasteiger partial charge is 0.461 e. The van der Waals surface area contributed by atoms with Crippen molar-refractivity contribution < 1.29 is 9.53 Å². The number of para-hydroxylation sites is 1. The van der Waals surface area contributed by atoms with Crippen LogP contribution in [0.25, 0.3) is 0 Å². The molecule has 0 aliphatic carbocycles. The number of thiazole rings is 1. The van der Waals surface area contributed by atoms with Crippen molar-refractivity contribution in [3.05, 3.63) is 41.0 Å². The minimum absolute atomic E-state index is 0.345. The van der Waals surface area contributed by atoms with Gasteiger partial charge in [0.2, 0.25) is 0 Å². The molecule has 0 fully saturated rings. The van der Waals surface area contributed by atoms with Crippen LogP contribution in [-0.2, 0) is 11.2 Å². The third-order valence-corrected chi connectivity index (χ3v) is 3.42. The van der Waals surface area contributed by atoms with Crippen molar-refractivity contribution in [2.24, 2.45) is 0 Å². The quantitative estimate of drug-likeness (QED) is 0.847. The molecule has 1 N–H and O–H groups in total. The fraction of sp³-hybridized carbons (Fsp3) is 0.286. The third-order valence-electron chi connectivity index (χ3n) is 2.68. The summed E-state index contributed by atoms with van der Waals surface area (Å²) in [5.41, 5.74) is 4.19. The minimum Gasteiger partial charge on any atom is -0.461 e. The summed E-state index contributed by atoms with van der Waals surface area (Å²) in [7, 11) is 0. The first-order valence-electron chi connectivity index (χ1n) is 6.21. The van der Waals surface area contributed by atoms with E-state index in [1.807, 2.05) is 18.2 Å². The SMILES string of the molecule is CCOC(=O)c1ncsc1Nc1ccccc1CC. The lowest BCUT2D eigenvalue weighted by Gasteiger charge is -2.10. The van der Waals surface area contributed by atoms with Gasteiger partial charge in [-0.05, 0) is 25.0 Å². The summed E-state index contributed by atoms with van der Waals surface area (Å²) in [6.07, 6.45) is 0.927.